The number of allylic oxidation sites excluding steroid dienone is 2. The van der Waals surface area contributed by atoms with Gasteiger partial charge in [-0.2, -0.15) is 0 Å². The standard InChI is InChI=1S/C11H19NO.2C2H6/c1-6-7-10(4)11(13)12(5)8-9(2)3;2*1-2/h6-7,9H,1,8H2,2-5H3;2*1-2H3/b10-7+;;. The predicted octanol–water partition coefficient (Wildman–Crippen LogP) is 4.29. The van der Waals surface area contributed by atoms with Crippen molar-refractivity contribution in [3.63, 3.8) is 0 Å². The second kappa shape index (κ2) is 14.9. The molecular weight excluding hydrogens is 210 g/mol. The van der Waals surface area contributed by atoms with Crippen LogP contribution in [-0.2, 0) is 4.79 Å². The molecule has 17 heavy (non-hydrogen) atoms. The van der Waals surface area contributed by atoms with Gasteiger partial charge in [-0.15, -0.1) is 0 Å². The van der Waals surface area contributed by atoms with E-state index in [-0.39, 0.29) is 5.91 Å². The van der Waals surface area contributed by atoms with Crippen LogP contribution < -0.4 is 0 Å². The average molecular weight is 241 g/mol. The van der Waals surface area contributed by atoms with Gasteiger partial charge in [0.25, 0.3) is 0 Å². The molecule has 0 rings (SSSR count). The Bertz CT molecular complexity index is 217. The van der Waals surface area contributed by atoms with E-state index in [1.807, 2.05) is 34.7 Å². The van der Waals surface area contributed by atoms with Crippen molar-refractivity contribution < 1.29 is 4.79 Å². The number of nitrogens with zero attached hydrogens (tertiary/aromatic N) is 1. The van der Waals surface area contributed by atoms with Crippen LogP contribution in [0, 0.1) is 5.92 Å². The highest BCUT2D eigenvalue weighted by Crippen LogP contribution is 2.02. The van der Waals surface area contributed by atoms with Crippen molar-refractivity contribution in [2.45, 2.75) is 48.5 Å². The predicted molar refractivity (Wildman–Crippen MR) is 79.1 cm³/mol. The largest absolute Gasteiger partial charge is 0.342 e. The summed E-state index contributed by atoms with van der Waals surface area (Å²) in [5.74, 6) is 0.582. The Morgan fingerprint density at radius 1 is 1.24 bits per heavy atom. The Balaban J connectivity index is -0.000000439. The number of likely N-dealkylation sites (N-methyl/N-ethyl adjacent to an activating group) is 1. The lowest BCUT2D eigenvalue weighted by molar-refractivity contribution is -0.126. The van der Waals surface area contributed by atoms with Crippen LogP contribution in [0.25, 0.3) is 0 Å². The zero-order valence-electron chi connectivity index (χ0n) is 13.0. The monoisotopic (exact) mass is 241 g/mol. The summed E-state index contributed by atoms with van der Waals surface area (Å²) in [6.07, 6.45) is 3.37. The molecule has 0 aromatic carbocycles. The molecule has 2 heteroatoms. The normalized spacial score (nSPS) is 9.59. The summed E-state index contributed by atoms with van der Waals surface area (Å²) < 4.78 is 0. The molecule has 0 bridgehead atoms. The van der Waals surface area contributed by atoms with Gasteiger partial charge in [-0.25, -0.2) is 0 Å². The number of carbonyl (C=O) groups is 1. The first-order chi connectivity index (χ1) is 7.99. The van der Waals surface area contributed by atoms with E-state index in [9.17, 15) is 4.79 Å². The molecule has 0 aliphatic rings. The first kappa shape index (κ1) is 21.3. The summed E-state index contributed by atoms with van der Waals surface area (Å²) in [6.45, 7) is 18.3. The number of carbonyl (C=O) groups excluding carboxylic acids is 1. The maximum Gasteiger partial charge on any atom is 0.249 e. The Labute approximate surface area is 108 Å². The van der Waals surface area contributed by atoms with Gasteiger partial charge in [0.2, 0.25) is 5.91 Å². The number of hydrogen-bond acceptors (Lipinski definition) is 1. The highest BCUT2D eigenvalue weighted by molar-refractivity contribution is 5.92. The molecular formula is C15H31NO. The van der Waals surface area contributed by atoms with Crippen molar-refractivity contribution >= 4 is 5.91 Å². The van der Waals surface area contributed by atoms with E-state index in [2.05, 4.69) is 20.4 Å². The molecule has 2 nitrogen and oxygen atoms in total. The van der Waals surface area contributed by atoms with Crippen molar-refractivity contribution in [2.75, 3.05) is 13.6 Å². The summed E-state index contributed by atoms with van der Waals surface area (Å²) in [5, 5.41) is 0. The molecule has 0 atom stereocenters. The van der Waals surface area contributed by atoms with E-state index in [1.54, 1.807) is 24.0 Å². The first-order valence-electron chi connectivity index (χ1n) is 6.53. The van der Waals surface area contributed by atoms with Crippen LogP contribution in [-0.4, -0.2) is 24.4 Å². The third kappa shape index (κ3) is 12.9. The first-order valence-corrected chi connectivity index (χ1v) is 6.53. The highest BCUT2D eigenvalue weighted by atomic mass is 16.2. The molecule has 0 saturated heterocycles. The molecule has 0 aromatic rings. The van der Waals surface area contributed by atoms with Crippen molar-refractivity contribution in [2.24, 2.45) is 5.92 Å². The molecule has 0 radical (unpaired) electrons. The van der Waals surface area contributed by atoms with Crippen LogP contribution >= 0.6 is 0 Å². The van der Waals surface area contributed by atoms with Crippen LogP contribution in [0.1, 0.15) is 48.5 Å². The summed E-state index contributed by atoms with van der Waals surface area (Å²) in [6, 6.07) is 0. The molecule has 0 aliphatic heterocycles. The van der Waals surface area contributed by atoms with Crippen molar-refractivity contribution in [3.05, 3.63) is 24.3 Å². The third-order valence-electron chi connectivity index (χ3n) is 1.69. The Morgan fingerprint density at radius 2 is 1.65 bits per heavy atom. The molecule has 0 aliphatic carbocycles. The van der Waals surface area contributed by atoms with E-state index in [1.165, 1.54) is 0 Å². The van der Waals surface area contributed by atoms with Crippen LogP contribution in [0.2, 0.25) is 0 Å². The van der Waals surface area contributed by atoms with Gasteiger partial charge in [0.15, 0.2) is 0 Å². The maximum absolute atomic E-state index is 11.6. The van der Waals surface area contributed by atoms with Gasteiger partial charge in [-0.05, 0) is 12.8 Å². The van der Waals surface area contributed by atoms with Crippen LogP contribution in [0.15, 0.2) is 24.3 Å². The number of rotatable bonds is 4. The number of amides is 1. The quantitative estimate of drug-likeness (QED) is 0.531. The fraction of sp³-hybridized carbons (Fsp3) is 0.667. The van der Waals surface area contributed by atoms with Crippen molar-refractivity contribution in [3.8, 4) is 0 Å². The SMILES string of the molecule is C=C/C=C(\C)C(=O)N(C)CC(C)C.CC.CC. The Hall–Kier alpha value is -1.05. The molecule has 0 saturated carbocycles. The van der Waals surface area contributed by atoms with Crippen LogP contribution in [0.4, 0.5) is 0 Å². The highest BCUT2D eigenvalue weighted by Gasteiger charge is 2.10. The molecule has 0 aromatic heterocycles. The molecule has 0 unspecified atom stereocenters. The van der Waals surface area contributed by atoms with Gasteiger partial charge in [0, 0.05) is 19.2 Å². The van der Waals surface area contributed by atoms with E-state index in [0.29, 0.717) is 5.92 Å². The molecule has 0 N–H and O–H groups in total. The number of hydrogen-bond donors (Lipinski definition) is 0. The summed E-state index contributed by atoms with van der Waals surface area (Å²) >= 11 is 0. The van der Waals surface area contributed by atoms with Gasteiger partial charge in [0.05, 0.1) is 0 Å². The zero-order valence-corrected chi connectivity index (χ0v) is 13.0. The lowest BCUT2D eigenvalue weighted by Crippen LogP contribution is -2.30. The summed E-state index contributed by atoms with van der Waals surface area (Å²) in [7, 11) is 1.82. The zero-order chi connectivity index (χ0) is 14.4. The van der Waals surface area contributed by atoms with E-state index in [4.69, 9.17) is 0 Å². The average Bonchev–Trinajstić information content (AvgIpc) is 2.32. The molecule has 0 heterocycles. The van der Waals surface area contributed by atoms with Gasteiger partial charge < -0.3 is 4.90 Å². The Morgan fingerprint density at radius 3 is 1.94 bits per heavy atom. The fourth-order valence-electron chi connectivity index (χ4n) is 1.18. The van der Waals surface area contributed by atoms with Gasteiger partial charge in [-0.3, -0.25) is 4.79 Å². The molecule has 0 spiro atoms. The molecule has 1 amide bonds. The second-order valence-electron chi connectivity index (χ2n) is 3.66. The van der Waals surface area contributed by atoms with Crippen LogP contribution in [0.3, 0.4) is 0 Å². The van der Waals surface area contributed by atoms with Gasteiger partial charge >= 0.3 is 0 Å². The van der Waals surface area contributed by atoms with Crippen molar-refractivity contribution in [1.29, 1.82) is 0 Å². The van der Waals surface area contributed by atoms with Crippen LogP contribution in [0.5, 0.6) is 0 Å². The maximum atomic E-state index is 11.6. The Kier molecular flexibility index (Phi) is 18.7. The summed E-state index contributed by atoms with van der Waals surface area (Å²) in [4.78, 5) is 13.3. The van der Waals surface area contributed by atoms with E-state index >= 15 is 0 Å². The fourth-order valence-corrected chi connectivity index (χ4v) is 1.18. The van der Waals surface area contributed by atoms with E-state index < -0.39 is 0 Å². The van der Waals surface area contributed by atoms with Gasteiger partial charge in [0.1, 0.15) is 0 Å². The minimum atomic E-state index is 0.0774. The lowest BCUT2D eigenvalue weighted by Gasteiger charge is -2.19. The summed E-state index contributed by atoms with van der Waals surface area (Å²) in [5.41, 5.74) is 0.734. The van der Waals surface area contributed by atoms with Crippen molar-refractivity contribution in [1.82, 2.24) is 4.90 Å². The molecule has 0 fully saturated rings. The topological polar surface area (TPSA) is 20.3 Å². The minimum absolute atomic E-state index is 0.0774. The minimum Gasteiger partial charge on any atom is -0.342 e. The third-order valence-corrected chi connectivity index (χ3v) is 1.69. The lowest BCUT2D eigenvalue weighted by atomic mass is 10.2. The molecule has 102 valence electrons. The second-order valence-corrected chi connectivity index (χ2v) is 3.66. The van der Waals surface area contributed by atoms with Gasteiger partial charge in [-0.1, -0.05) is 60.3 Å². The smallest absolute Gasteiger partial charge is 0.249 e. The van der Waals surface area contributed by atoms with E-state index in [0.717, 1.165) is 12.1 Å².